The lowest BCUT2D eigenvalue weighted by molar-refractivity contribution is 1.07. The van der Waals surface area contributed by atoms with Gasteiger partial charge in [0.2, 0.25) is 0 Å². The molecule has 0 atom stereocenters. The smallest absolute Gasteiger partial charge is 0.166 e. The van der Waals surface area contributed by atoms with Gasteiger partial charge in [-0.3, -0.25) is 4.98 Å². The van der Waals surface area contributed by atoms with Crippen LogP contribution in [0.15, 0.2) is 41.7 Å². The molecular weight excluding hydrogens is 256 g/mol. The summed E-state index contributed by atoms with van der Waals surface area (Å²) in [5, 5.41) is 0.907. The highest BCUT2D eigenvalue weighted by Crippen LogP contribution is 2.24. The lowest BCUT2D eigenvalue weighted by atomic mass is 10.2. The van der Waals surface area contributed by atoms with Crippen molar-refractivity contribution in [2.75, 3.05) is 5.73 Å². The molecule has 3 rings (SSSR count). The molecule has 3 aromatic rings. The van der Waals surface area contributed by atoms with E-state index in [1.807, 2.05) is 37.3 Å². The van der Waals surface area contributed by atoms with Crippen LogP contribution in [0.4, 0.5) is 5.69 Å². The average Bonchev–Trinajstić information content (AvgIpc) is 2.83. The standard InChI is InChI=1S/C14H14N4S/c1-9-10(15)6-7-16-13(9)8-19-14-17-11-4-2-3-5-12(11)18-14/h2-7H,8H2,1H3,(H2,15,16)(H,17,18). The molecule has 0 aliphatic heterocycles. The third kappa shape index (κ3) is 2.42. The lowest BCUT2D eigenvalue weighted by Crippen LogP contribution is -1.97. The third-order valence-corrected chi connectivity index (χ3v) is 3.95. The molecule has 0 saturated heterocycles. The molecule has 1 aromatic carbocycles. The zero-order valence-corrected chi connectivity index (χ0v) is 11.4. The second-order valence-electron chi connectivity index (χ2n) is 4.32. The summed E-state index contributed by atoms with van der Waals surface area (Å²) in [6.45, 7) is 2.00. The van der Waals surface area contributed by atoms with Gasteiger partial charge in [0.1, 0.15) is 0 Å². The Hall–Kier alpha value is -2.01. The number of anilines is 1. The minimum Gasteiger partial charge on any atom is -0.398 e. The number of aromatic amines is 1. The van der Waals surface area contributed by atoms with Crippen molar-refractivity contribution < 1.29 is 0 Å². The number of nitrogen functional groups attached to an aromatic ring is 1. The summed E-state index contributed by atoms with van der Waals surface area (Å²) in [5.74, 6) is 0.761. The van der Waals surface area contributed by atoms with Crippen molar-refractivity contribution in [2.24, 2.45) is 0 Å². The van der Waals surface area contributed by atoms with Crippen LogP contribution in [0.25, 0.3) is 11.0 Å². The predicted molar refractivity (Wildman–Crippen MR) is 79.0 cm³/mol. The van der Waals surface area contributed by atoms with E-state index in [4.69, 9.17) is 5.73 Å². The molecule has 0 unspecified atom stereocenters. The first kappa shape index (κ1) is 12.0. The fourth-order valence-electron chi connectivity index (χ4n) is 1.88. The summed E-state index contributed by atoms with van der Waals surface area (Å²) >= 11 is 1.64. The Morgan fingerprint density at radius 3 is 2.95 bits per heavy atom. The Bertz CT molecular complexity index is 687. The number of hydrogen-bond acceptors (Lipinski definition) is 4. The first-order chi connectivity index (χ1) is 9.24. The second-order valence-corrected chi connectivity index (χ2v) is 5.28. The molecule has 0 spiro atoms. The molecule has 5 heteroatoms. The first-order valence-corrected chi connectivity index (χ1v) is 7.00. The van der Waals surface area contributed by atoms with Crippen LogP contribution in [-0.4, -0.2) is 15.0 Å². The van der Waals surface area contributed by atoms with Gasteiger partial charge in [0.15, 0.2) is 5.16 Å². The molecule has 2 heterocycles. The van der Waals surface area contributed by atoms with E-state index in [-0.39, 0.29) is 0 Å². The van der Waals surface area contributed by atoms with Crippen LogP contribution in [0.2, 0.25) is 0 Å². The van der Waals surface area contributed by atoms with Gasteiger partial charge < -0.3 is 10.7 Å². The Labute approximate surface area is 115 Å². The van der Waals surface area contributed by atoms with Crippen LogP contribution < -0.4 is 5.73 Å². The maximum atomic E-state index is 5.88. The molecule has 3 N–H and O–H groups in total. The van der Waals surface area contributed by atoms with Gasteiger partial charge >= 0.3 is 0 Å². The zero-order chi connectivity index (χ0) is 13.2. The molecule has 0 bridgehead atoms. The SMILES string of the molecule is Cc1c(N)ccnc1CSc1nc2ccccc2[nH]1. The summed E-state index contributed by atoms with van der Waals surface area (Å²) in [6.07, 6.45) is 1.75. The molecule has 96 valence electrons. The lowest BCUT2D eigenvalue weighted by Gasteiger charge is -2.05. The van der Waals surface area contributed by atoms with Gasteiger partial charge in [-0.1, -0.05) is 23.9 Å². The van der Waals surface area contributed by atoms with Crippen molar-refractivity contribution in [1.82, 2.24) is 15.0 Å². The summed E-state index contributed by atoms with van der Waals surface area (Å²) < 4.78 is 0. The van der Waals surface area contributed by atoms with Crippen LogP contribution in [0, 0.1) is 6.92 Å². The number of benzene rings is 1. The van der Waals surface area contributed by atoms with Crippen molar-refractivity contribution in [1.29, 1.82) is 0 Å². The Balaban J connectivity index is 1.80. The number of para-hydroxylation sites is 2. The highest BCUT2D eigenvalue weighted by Gasteiger charge is 2.06. The number of fused-ring (bicyclic) bond motifs is 1. The number of H-pyrrole nitrogens is 1. The maximum Gasteiger partial charge on any atom is 0.166 e. The normalized spacial score (nSPS) is 11.0. The van der Waals surface area contributed by atoms with E-state index in [1.165, 1.54) is 0 Å². The van der Waals surface area contributed by atoms with Gasteiger partial charge in [-0.2, -0.15) is 0 Å². The van der Waals surface area contributed by atoms with Gasteiger partial charge in [0.05, 0.1) is 16.7 Å². The van der Waals surface area contributed by atoms with Crippen LogP contribution in [0.5, 0.6) is 0 Å². The van der Waals surface area contributed by atoms with Gasteiger partial charge in [-0.05, 0) is 30.7 Å². The highest BCUT2D eigenvalue weighted by atomic mass is 32.2. The molecule has 0 radical (unpaired) electrons. The molecule has 0 fully saturated rings. The van der Waals surface area contributed by atoms with E-state index < -0.39 is 0 Å². The fraction of sp³-hybridized carbons (Fsp3) is 0.143. The predicted octanol–water partition coefficient (Wildman–Crippen LogP) is 3.14. The summed E-state index contributed by atoms with van der Waals surface area (Å²) in [4.78, 5) is 12.2. The maximum absolute atomic E-state index is 5.88. The number of nitrogens with one attached hydrogen (secondary N) is 1. The summed E-state index contributed by atoms with van der Waals surface area (Å²) in [5.41, 5.74) is 10.8. The van der Waals surface area contributed by atoms with Crippen molar-refractivity contribution in [3.63, 3.8) is 0 Å². The monoisotopic (exact) mass is 270 g/mol. The van der Waals surface area contributed by atoms with E-state index in [0.29, 0.717) is 0 Å². The van der Waals surface area contributed by atoms with Crippen LogP contribution >= 0.6 is 11.8 Å². The number of pyridine rings is 1. The van der Waals surface area contributed by atoms with Crippen LogP contribution in [0.1, 0.15) is 11.3 Å². The number of nitrogens with zero attached hydrogens (tertiary/aromatic N) is 2. The summed E-state index contributed by atoms with van der Waals surface area (Å²) in [6, 6.07) is 9.83. The topological polar surface area (TPSA) is 67.6 Å². The van der Waals surface area contributed by atoms with E-state index >= 15 is 0 Å². The molecule has 0 aliphatic carbocycles. The minimum absolute atomic E-state index is 0.761. The van der Waals surface area contributed by atoms with Crippen LogP contribution in [0.3, 0.4) is 0 Å². The van der Waals surface area contributed by atoms with Gasteiger partial charge in [0.25, 0.3) is 0 Å². The number of thioether (sulfide) groups is 1. The average molecular weight is 270 g/mol. The number of hydrogen-bond donors (Lipinski definition) is 2. The van der Waals surface area contributed by atoms with Gasteiger partial charge in [-0.15, -0.1) is 0 Å². The zero-order valence-electron chi connectivity index (χ0n) is 10.6. The van der Waals surface area contributed by atoms with Crippen molar-refractivity contribution in [3.05, 3.63) is 47.8 Å². The molecular formula is C14H14N4S. The molecule has 0 aliphatic rings. The Morgan fingerprint density at radius 1 is 1.26 bits per heavy atom. The Kier molecular flexibility index (Phi) is 3.13. The van der Waals surface area contributed by atoms with Crippen molar-refractivity contribution in [3.8, 4) is 0 Å². The largest absolute Gasteiger partial charge is 0.398 e. The minimum atomic E-state index is 0.761. The highest BCUT2D eigenvalue weighted by molar-refractivity contribution is 7.98. The van der Waals surface area contributed by atoms with Gasteiger partial charge in [-0.25, -0.2) is 4.98 Å². The number of nitrogens with two attached hydrogens (primary N) is 1. The van der Waals surface area contributed by atoms with E-state index in [0.717, 1.165) is 38.9 Å². The van der Waals surface area contributed by atoms with E-state index in [1.54, 1.807) is 18.0 Å². The fourth-order valence-corrected chi connectivity index (χ4v) is 2.79. The quantitative estimate of drug-likeness (QED) is 0.717. The molecule has 0 saturated carbocycles. The van der Waals surface area contributed by atoms with Crippen molar-refractivity contribution in [2.45, 2.75) is 17.8 Å². The molecule has 0 amide bonds. The molecule has 2 aromatic heterocycles. The number of imidazole rings is 1. The number of aromatic nitrogens is 3. The second kappa shape index (κ2) is 4.93. The van der Waals surface area contributed by atoms with Crippen molar-refractivity contribution >= 4 is 28.5 Å². The van der Waals surface area contributed by atoms with E-state index in [2.05, 4.69) is 15.0 Å². The Morgan fingerprint density at radius 2 is 2.11 bits per heavy atom. The van der Waals surface area contributed by atoms with Gasteiger partial charge in [0, 0.05) is 17.6 Å². The molecule has 4 nitrogen and oxygen atoms in total. The number of rotatable bonds is 3. The third-order valence-electron chi connectivity index (χ3n) is 3.06. The van der Waals surface area contributed by atoms with E-state index in [9.17, 15) is 0 Å². The first-order valence-electron chi connectivity index (χ1n) is 6.01. The summed E-state index contributed by atoms with van der Waals surface area (Å²) in [7, 11) is 0. The molecule has 19 heavy (non-hydrogen) atoms. The van der Waals surface area contributed by atoms with Crippen LogP contribution in [-0.2, 0) is 5.75 Å².